The zero-order valence-corrected chi connectivity index (χ0v) is 15.7. The molecule has 0 aromatic heterocycles. The van der Waals surface area contributed by atoms with Gasteiger partial charge in [-0.15, -0.1) is 0 Å². The van der Waals surface area contributed by atoms with E-state index in [1.54, 1.807) is 0 Å². The van der Waals surface area contributed by atoms with Crippen LogP contribution in [0, 0.1) is 5.92 Å². The molecular formula is C23H30N2O. The molecule has 0 radical (unpaired) electrons. The van der Waals surface area contributed by atoms with E-state index in [2.05, 4.69) is 53.5 Å². The molecule has 0 spiro atoms. The minimum atomic E-state index is -0.582. The standard InChI is InChI=1S/C23H30N2O/c1-2-3-17-4-6-18(7-5-17)19-8-10-21(11-9-19)23(26)24-22-16-25-14-12-20(22)13-15-25/h4-11,20,22-24,26H,2-3,12-16H2,1H3. The van der Waals surface area contributed by atoms with E-state index in [1.807, 2.05) is 12.1 Å². The Kier molecular flexibility index (Phi) is 5.39. The number of piperidine rings is 3. The summed E-state index contributed by atoms with van der Waals surface area (Å²) in [5.74, 6) is 0.718. The Morgan fingerprint density at radius 3 is 2.15 bits per heavy atom. The van der Waals surface area contributed by atoms with Gasteiger partial charge in [0.05, 0.1) is 0 Å². The van der Waals surface area contributed by atoms with Crippen LogP contribution in [-0.4, -0.2) is 35.7 Å². The van der Waals surface area contributed by atoms with Crippen LogP contribution in [0.2, 0.25) is 0 Å². The van der Waals surface area contributed by atoms with Crippen LogP contribution < -0.4 is 5.32 Å². The maximum Gasteiger partial charge on any atom is 0.131 e. The molecule has 3 heteroatoms. The number of nitrogens with zero attached hydrogens (tertiary/aromatic N) is 1. The molecule has 2 unspecified atom stereocenters. The maximum atomic E-state index is 10.6. The summed E-state index contributed by atoms with van der Waals surface area (Å²) in [5, 5.41) is 14.1. The second-order valence-corrected chi connectivity index (χ2v) is 7.88. The molecule has 2 N–H and O–H groups in total. The summed E-state index contributed by atoms with van der Waals surface area (Å²) < 4.78 is 0. The van der Waals surface area contributed by atoms with Gasteiger partial charge < -0.3 is 10.0 Å². The molecule has 2 aromatic carbocycles. The van der Waals surface area contributed by atoms with E-state index in [0.29, 0.717) is 6.04 Å². The van der Waals surface area contributed by atoms with Crippen molar-refractivity contribution in [2.75, 3.05) is 19.6 Å². The number of fused-ring (bicyclic) bond motifs is 3. The second-order valence-electron chi connectivity index (χ2n) is 7.88. The fourth-order valence-electron chi connectivity index (χ4n) is 4.46. The largest absolute Gasteiger partial charge is 0.374 e. The molecule has 0 aliphatic carbocycles. The second kappa shape index (κ2) is 7.91. The molecule has 0 saturated carbocycles. The van der Waals surface area contributed by atoms with Crippen LogP contribution in [0.15, 0.2) is 48.5 Å². The summed E-state index contributed by atoms with van der Waals surface area (Å²) in [6.45, 7) is 5.74. The van der Waals surface area contributed by atoms with E-state index < -0.39 is 6.23 Å². The van der Waals surface area contributed by atoms with Gasteiger partial charge >= 0.3 is 0 Å². The van der Waals surface area contributed by atoms with Crippen molar-refractivity contribution in [2.45, 2.75) is 44.9 Å². The number of hydrogen-bond donors (Lipinski definition) is 2. The monoisotopic (exact) mass is 350 g/mol. The third-order valence-electron chi connectivity index (χ3n) is 6.08. The summed E-state index contributed by atoms with van der Waals surface area (Å²) in [4.78, 5) is 2.51. The summed E-state index contributed by atoms with van der Waals surface area (Å²) in [6.07, 6.45) is 4.26. The lowest BCUT2D eigenvalue weighted by molar-refractivity contribution is 0.0309. The molecule has 138 valence electrons. The van der Waals surface area contributed by atoms with Crippen molar-refractivity contribution in [1.82, 2.24) is 10.2 Å². The van der Waals surface area contributed by atoms with Gasteiger partial charge in [-0.05, 0) is 60.5 Å². The molecule has 0 amide bonds. The molecule has 3 aliphatic rings. The zero-order valence-electron chi connectivity index (χ0n) is 15.7. The minimum Gasteiger partial charge on any atom is -0.374 e. The van der Waals surface area contributed by atoms with E-state index in [4.69, 9.17) is 0 Å². The van der Waals surface area contributed by atoms with Crippen molar-refractivity contribution < 1.29 is 5.11 Å². The number of rotatable bonds is 6. The topological polar surface area (TPSA) is 35.5 Å². The number of hydrogen-bond acceptors (Lipinski definition) is 3. The molecule has 3 nitrogen and oxygen atoms in total. The fourth-order valence-corrected chi connectivity index (χ4v) is 4.46. The summed E-state index contributed by atoms with van der Waals surface area (Å²) in [6, 6.07) is 17.6. The summed E-state index contributed by atoms with van der Waals surface area (Å²) >= 11 is 0. The van der Waals surface area contributed by atoms with Gasteiger partial charge in [-0.2, -0.15) is 0 Å². The van der Waals surface area contributed by atoms with Crippen LogP contribution in [0.1, 0.15) is 43.5 Å². The van der Waals surface area contributed by atoms with E-state index in [0.717, 1.165) is 24.4 Å². The average molecular weight is 351 g/mol. The van der Waals surface area contributed by atoms with E-state index >= 15 is 0 Å². The van der Waals surface area contributed by atoms with Gasteiger partial charge in [0.15, 0.2) is 0 Å². The SMILES string of the molecule is CCCc1ccc(-c2ccc(C(O)NC3CN4CCC3CC4)cc2)cc1. The number of nitrogens with one attached hydrogen (secondary N) is 1. The number of benzene rings is 2. The predicted octanol–water partition coefficient (Wildman–Crippen LogP) is 3.98. The van der Waals surface area contributed by atoms with Crippen molar-refractivity contribution in [3.63, 3.8) is 0 Å². The van der Waals surface area contributed by atoms with Gasteiger partial charge in [0.1, 0.15) is 6.23 Å². The third-order valence-corrected chi connectivity index (χ3v) is 6.08. The Balaban J connectivity index is 1.40. The van der Waals surface area contributed by atoms with Crippen LogP contribution >= 0.6 is 0 Å². The number of aliphatic hydroxyl groups is 1. The van der Waals surface area contributed by atoms with Crippen LogP contribution in [0.4, 0.5) is 0 Å². The molecule has 3 heterocycles. The van der Waals surface area contributed by atoms with Crippen LogP contribution in [0.5, 0.6) is 0 Å². The fraction of sp³-hybridized carbons (Fsp3) is 0.478. The van der Waals surface area contributed by atoms with Gasteiger partial charge in [0, 0.05) is 12.6 Å². The summed E-state index contributed by atoms with van der Waals surface area (Å²) in [7, 11) is 0. The van der Waals surface area contributed by atoms with Crippen molar-refractivity contribution in [2.24, 2.45) is 5.92 Å². The molecule has 2 atom stereocenters. The molecule has 3 fully saturated rings. The van der Waals surface area contributed by atoms with E-state index in [-0.39, 0.29) is 0 Å². The lowest BCUT2D eigenvalue weighted by Gasteiger charge is -2.45. The van der Waals surface area contributed by atoms with Gasteiger partial charge in [-0.3, -0.25) is 5.32 Å². The van der Waals surface area contributed by atoms with Crippen molar-refractivity contribution >= 4 is 0 Å². The van der Waals surface area contributed by atoms with E-state index in [1.165, 1.54) is 49.0 Å². The molecule has 5 rings (SSSR count). The van der Waals surface area contributed by atoms with E-state index in [9.17, 15) is 5.11 Å². The Hall–Kier alpha value is -1.68. The molecule has 3 saturated heterocycles. The number of aryl methyl sites for hydroxylation is 1. The first-order valence-corrected chi connectivity index (χ1v) is 10.1. The van der Waals surface area contributed by atoms with Gasteiger partial charge in [-0.1, -0.05) is 61.9 Å². The maximum absolute atomic E-state index is 10.6. The van der Waals surface area contributed by atoms with Crippen LogP contribution in [-0.2, 0) is 6.42 Å². The molecule has 3 aliphatic heterocycles. The minimum absolute atomic E-state index is 0.415. The first-order chi connectivity index (χ1) is 12.7. The highest BCUT2D eigenvalue weighted by molar-refractivity contribution is 5.64. The highest BCUT2D eigenvalue weighted by atomic mass is 16.3. The first kappa shape index (κ1) is 17.7. The lowest BCUT2D eigenvalue weighted by atomic mass is 9.84. The molecule has 26 heavy (non-hydrogen) atoms. The first-order valence-electron chi connectivity index (χ1n) is 10.1. The van der Waals surface area contributed by atoms with Gasteiger partial charge in [0.25, 0.3) is 0 Å². The lowest BCUT2D eigenvalue weighted by Crippen LogP contribution is -2.56. The zero-order chi connectivity index (χ0) is 17.9. The van der Waals surface area contributed by atoms with Crippen molar-refractivity contribution in [3.8, 4) is 11.1 Å². The molecule has 2 bridgehead atoms. The molecular weight excluding hydrogens is 320 g/mol. The Morgan fingerprint density at radius 2 is 1.62 bits per heavy atom. The molecule has 2 aromatic rings. The smallest absolute Gasteiger partial charge is 0.131 e. The van der Waals surface area contributed by atoms with Gasteiger partial charge in [0.2, 0.25) is 0 Å². The van der Waals surface area contributed by atoms with Crippen molar-refractivity contribution in [3.05, 3.63) is 59.7 Å². The highest BCUT2D eigenvalue weighted by Gasteiger charge is 2.34. The van der Waals surface area contributed by atoms with Gasteiger partial charge in [-0.25, -0.2) is 0 Å². The summed E-state index contributed by atoms with van der Waals surface area (Å²) in [5.41, 5.74) is 4.78. The van der Waals surface area contributed by atoms with Crippen molar-refractivity contribution in [1.29, 1.82) is 0 Å². The highest BCUT2D eigenvalue weighted by Crippen LogP contribution is 2.29. The Labute approximate surface area is 157 Å². The average Bonchev–Trinajstić information content (AvgIpc) is 2.70. The van der Waals surface area contributed by atoms with Crippen LogP contribution in [0.25, 0.3) is 11.1 Å². The quantitative estimate of drug-likeness (QED) is 0.774. The Bertz CT molecular complexity index is 702. The number of aliphatic hydroxyl groups excluding tert-OH is 1. The van der Waals surface area contributed by atoms with Crippen LogP contribution in [0.3, 0.4) is 0 Å². The normalized spacial score (nSPS) is 26.0. The third kappa shape index (κ3) is 3.85. The Morgan fingerprint density at radius 1 is 1.00 bits per heavy atom. The predicted molar refractivity (Wildman–Crippen MR) is 107 cm³/mol.